The molecule has 0 bridgehead atoms. The van der Waals surface area contributed by atoms with Crippen molar-refractivity contribution in [2.75, 3.05) is 19.6 Å². The van der Waals surface area contributed by atoms with Crippen LogP contribution in [0.3, 0.4) is 0 Å². The maximum absolute atomic E-state index is 12.3. The number of likely N-dealkylation sites (N-methyl/N-ethyl adjacent to an activating group) is 2. The first-order valence-electron chi connectivity index (χ1n) is 7.80. The third-order valence-electron chi connectivity index (χ3n) is 3.69. The zero-order valence-electron chi connectivity index (χ0n) is 13.7. The molecule has 0 saturated carbocycles. The van der Waals surface area contributed by atoms with E-state index in [1.165, 1.54) is 6.20 Å². The Bertz CT molecular complexity index is 712. The zero-order valence-corrected chi connectivity index (χ0v) is 14.5. The Balaban J connectivity index is 2.13. The molecule has 130 valence electrons. The molecule has 0 spiro atoms. The average molecular weight is 351 g/mol. The van der Waals surface area contributed by atoms with Gasteiger partial charge in [-0.25, -0.2) is 8.61 Å². The molecule has 1 aliphatic rings. The summed E-state index contributed by atoms with van der Waals surface area (Å²) in [5, 5.41) is 2.93. The molecule has 1 aromatic rings. The van der Waals surface area contributed by atoms with E-state index in [0.717, 1.165) is 12.0 Å². The van der Waals surface area contributed by atoms with E-state index in [1.54, 1.807) is 13.8 Å². The first-order valence-corrected chi connectivity index (χ1v) is 9.19. The number of rotatable bonds is 6. The van der Waals surface area contributed by atoms with E-state index in [-0.39, 0.29) is 18.7 Å². The van der Waals surface area contributed by atoms with Gasteiger partial charge in [0.2, 0.25) is 0 Å². The molecule has 2 rings (SSSR count). The fraction of sp³-hybridized carbons (Fsp3) is 0.375. The fourth-order valence-electron chi connectivity index (χ4n) is 2.46. The summed E-state index contributed by atoms with van der Waals surface area (Å²) in [6.07, 6.45) is 2.04. The van der Waals surface area contributed by atoms with Crippen molar-refractivity contribution < 1.29 is 18.0 Å². The number of carbonyl (C=O) groups is 2. The van der Waals surface area contributed by atoms with Crippen LogP contribution >= 0.6 is 0 Å². The van der Waals surface area contributed by atoms with Crippen LogP contribution in [0.1, 0.15) is 19.4 Å². The molecular formula is C16H21N3O4S. The van der Waals surface area contributed by atoms with Crippen LogP contribution in [-0.4, -0.2) is 48.5 Å². The number of nitrogens with one attached hydrogen (secondary N) is 1. The number of carbonyl (C=O) groups excluding carboxylic acids is 2. The summed E-state index contributed by atoms with van der Waals surface area (Å²) in [6, 6.07) is 9.76. The van der Waals surface area contributed by atoms with Gasteiger partial charge in [0.1, 0.15) is 5.57 Å². The van der Waals surface area contributed by atoms with Crippen LogP contribution in [0.15, 0.2) is 42.1 Å². The van der Waals surface area contributed by atoms with Crippen molar-refractivity contribution in [3.05, 3.63) is 47.7 Å². The normalized spacial score (nSPS) is 17.2. The van der Waals surface area contributed by atoms with E-state index in [2.05, 4.69) is 5.32 Å². The smallest absolute Gasteiger partial charge is 0.331 e. The minimum absolute atomic E-state index is 0.0215. The summed E-state index contributed by atoms with van der Waals surface area (Å²) in [6.45, 7) is 3.59. The topological polar surface area (TPSA) is 86.8 Å². The molecule has 0 unspecified atom stereocenters. The molecule has 7 nitrogen and oxygen atoms in total. The number of amides is 2. The van der Waals surface area contributed by atoms with E-state index < -0.39 is 22.0 Å². The van der Waals surface area contributed by atoms with Crippen LogP contribution < -0.4 is 5.32 Å². The molecule has 1 saturated heterocycles. The highest BCUT2D eigenvalue weighted by molar-refractivity contribution is 7.88. The van der Waals surface area contributed by atoms with Gasteiger partial charge in [0, 0.05) is 25.8 Å². The number of hydrogen-bond acceptors (Lipinski definition) is 5. The van der Waals surface area contributed by atoms with Crippen LogP contribution in [-0.2, 0) is 26.2 Å². The molecule has 24 heavy (non-hydrogen) atoms. The molecule has 1 aliphatic heterocycles. The minimum atomic E-state index is -4.07. The summed E-state index contributed by atoms with van der Waals surface area (Å²) < 4.78 is 25.9. The van der Waals surface area contributed by atoms with Gasteiger partial charge in [0.15, 0.2) is 0 Å². The molecule has 0 aromatic heterocycles. The second kappa shape index (κ2) is 7.48. The van der Waals surface area contributed by atoms with Crippen molar-refractivity contribution in [1.29, 1.82) is 0 Å². The Morgan fingerprint density at radius 2 is 1.54 bits per heavy atom. The van der Waals surface area contributed by atoms with Crippen molar-refractivity contribution in [3.8, 4) is 0 Å². The van der Waals surface area contributed by atoms with Gasteiger partial charge in [0.25, 0.3) is 11.8 Å². The Hall–Kier alpha value is -2.35. The number of benzene rings is 1. The van der Waals surface area contributed by atoms with Gasteiger partial charge < -0.3 is 5.32 Å². The standard InChI is InChI=1S/C16H21N3O4S/c1-3-18-15(20)14(16(21)19(4-2)24(18,22)23)12-17-11-10-13-8-6-5-7-9-13/h5-9,12,17H,3-4,10-11H2,1-2H3. The van der Waals surface area contributed by atoms with E-state index in [0.29, 0.717) is 15.2 Å². The summed E-state index contributed by atoms with van der Waals surface area (Å²) in [7, 11) is -4.07. The lowest BCUT2D eigenvalue weighted by atomic mass is 10.1. The number of nitrogens with zero attached hydrogens (tertiary/aromatic N) is 2. The molecule has 1 aromatic carbocycles. The van der Waals surface area contributed by atoms with Gasteiger partial charge in [0.05, 0.1) is 0 Å². The summed E-state index contributed by atoms with van der Waals surface area (Å²) in [5.74, 6) is -1.58. The molecule has 0 aliphatic carbocycles. The SMILES string of the molecule is CCN1C(=O)C(=CNCCc2ccccc2)C(=O)N(CC)S1(=O)=O. The summed E-state index contributed by atoms with van der Waals surface area (Å²) in [5.41, 5.74) is 0.958. The van der Waals surface area contributed by atoms with Crippen molar-refractivity contribution in [1.82, 2.24) is 13.9 Å². The van der Waals surface area contributed by atoms with Crippen LogP contribution in [0, 0.1) is 0 Å². The first-order chi connectivity index (χ1) is 11.4. The van der Waals surface area contributed by atoms with Gasteiger partial charge in [-0.05, 0) is 25.8 Å². The van der Waals surface area contributed by atoms with E-state index in [9.17, 15) is 18.0 Å². The van der Waals surface area contributed by atoms with Crippen LogP contribution in [0.5, 0.6) is 0 Å². The summed E-state index contributed by atoms with van der Waals surface area (Å²) >= 11 is 0. The van der Waals surface area contributed by atoms with Gasteiger partial charge >= 0.3 is 10.2 Å². The Morgan fingerprint density at radius 1 is 1.00 bits per heavy atom. The van der Waals surface area contributed by atoms with Gasteiger partial charge in [-0.1, -0.05) is 30.3 Å². The monoisotopic (exact) mass is 351 g/mol. The fourth-order valence-corrected chi connectivity index (χ4v) is 3.97. The molecule has 0 atom stereocenters. The average Bonchev–Trinajstić information content (AvgIpc) is 2.55. The molecule has 1 N–H and O–H groups in total. The van der Waals surface area contributed by atoms with Gasteiger partial charge in [-0.15, -0.1) is 0 Å². The Morgan fingerprint density at radius 3 is 2.04 bits per heavy atom. The van der Waals surface area contributed by atoms with Crippen LogP contribution in [0.2, 0.25) is 0 Å². The van der Waals surface area contributed by atoms with E-state index >= 15 is 0 Å². The maximum Gasteiger partial charge on any atom is 0.331 e. The highest BCUT2D eigenvalue weighted by Crippen LogP contribution is 2.21. The van der Waals surface area contributed by atoms with Gasteiger partial charge in [-0.2, -0.15) is 8.42 Å². The quantitative estimate of drug-likeness (QED) is 0.462. The van der Waals surface area contributed by atoms with Crippen molar-refractivity contribution >= 4 is 22.0 Å². The predicted octanol–water partition coefficient (Wildman–Crippen LogP) is 0.658. The van der Waals surface area contributed by atoms with E-state index in [4.69, 9.17) is 0 Å². The molecule has 0 radical (unpaired) electrons. The zero-order chi connectivity index (χ0) is 17.7. The second-order valence-corrected chi connectivity index (χ2v) is 6.97. The Labute approximate surface area is 142 Å². The third-order valence-corrected chi connectivity index (χ3v) is 5.65. The van der Waals surface area contributed by atoms with Crippen LogP contribution in [0.4, 0.5) is 0 Å². The van der Waals surface area contributed by atoms with Gasteiger partial charge in [-0.3, -0.25) is 9.59 Å². The third kappa shape index (κ3) is 3.43. The van der Waals surface area contributed by atoms with E-state index in [1.807, 2.05) is 30.3 Å². The molecule has 2 amide bonds. The lowest BCUT2D eigenvalue weighted by Gasteiger charge is -2.34. The molecule has 1 heterocycles. The predicted molar refractivity (Wildman–Crippen MR) is 89.9 cm³/mol. The second-order valence-electron chi connectivity index (χ2n) is 5.20. The highest BCUT2D eigenvalue weighted by Gasteiger charge is 2.44. The van der Waals surface area contributed by atoms with Crippen molar-refractivity contribution in [2.24, 2.45) is 0 Å². The summed E-state index contributed by atoms with van der Waals surface area (Å²) in [4.78, 5) is 24.6. The Kier molecular flexibility index (Phi) is 5.61. The lowest BCUT2D eigenvalue weighted by molar-refractivity contribution is -0.131. The largest absolute Gasteiger partial charge is 0.390 e. The maximum atomic E-state index is 12.3. The molecular weight excluding hydrogens is 330 g/mol. The first kappa shape index (κ1) is 18.0. The number of hydrogen-bond donors (Lipinski definition) is 1. The molecule has 1 fully saturated rings. The molecule has 8 heteroatoms. The van der Waals surface area contributed by atoms with Crippen molar-refractivity contribution in [3.63, 3.8) is 0 Å². The minimum Gasteiger partial charge on any atom is -0.390 e. The highest BCUT2D eigenvalue weighted by atomic mass is 32.2. The van der Waals surface area contributed by atoms with Crippen LogP contribution in [0.25, 0.3) is 0 Å². The lowest BCUT2D eigenvalue weighted by Crippen LogP contribution is -2.56. The van der Waals surface area contributed by atoms with Crippen molar-refractivity contribution in [2.45, 2.75) is 20.3 Å².